The largest absolute Gasteiger partial charge is 0.0616 e. The summed E-state index contributed by atoms with van der Waals surface area (Å²) >= 11 is 0. The Morgan fingerprint density at radius 3 is 1.60 bits per heavy atom. The van der Waals surface area contributed by atoms with Crippen LogP contribution in [0.1, 0.15) is 0 Å². The van der Waals surface area contributed by atoms with Crippen LogP contribution in [-0.4, -0.2) is 0 Å². The maximum atomic E-state index is 2.26. The van der Waals surface area contributed by atoms with Crippen LogP contribution in [0, 0.1) is 0 Å². The second-order valence-electron chi connectivity index (χ2n) is 5.12. The number of hydrogen-bond donors (Lipinski definition) is 0. The fourth-order valence-electron chi connectivity index (χ4n) is 2.73. The maximum Gasteiger partial charge on any atom is -0.0178 e. The highest BCUT2D eigenvalue weighted by Gasteiger charge is 2.02. The molecule has 0 unspecified atom stereocenters. The molecule has 0 spiro atoms. The van der Waals surface area contributed by atoms with Gasteiger partial charge in [0.2, 0.25) is 0 Å². The van der Waals surface area contributed by atoms with Crippen LogP contribution in [0.5, 0.6) is 0 Å². The predicted molar refractivity (Wildman–Crippen MR) is 86.0 cm³/mol. The van der Waals surface area contributed by atoms with E-state index in [9.17, 15) is 0 Å². The van der Waals surface area contributed by atoms with E-state index in [2.05, 4.69) is 84.9 Å². The highest BCUT2D eigenvalue weighted by Crippen LogP contribution is 2.27. The first kappa shape index (κ1) is 11.2. The van der Waals surface area contributed by atoms with Crippen LogP contribution in [0.4, 0.5) is 0 Å². The van der Waals surface area contributed by atoms with Gasteiger partial charge in [-0.3, -0.25) is 0 Å². The minimum absolute atomic E-state index is 1.26. The van der Waals surface area contributed by atoms with Crippen molar-refractivity contribution in [1.82, 2.24) is 0 Å². The average Bonchev–Trinajstić information content (AvgIpc) is 2.85. The quantitative estimate of drug-likeness (QED) is 0.414. The van der Waals surface area contributed by atoms with Crippen LogP contribution in [0.2, 0.25) is 0 Å². The van der Waals surface area contributed by atoms with Gasteiger partial charge < -0.3 is 0 Å². The first-order valence-corrected chi connectivity index (χ1v) is 6.88. The summed E-state index contributed by atoms with van der Waals surface area (Å²) in [4.78, 5) is 0. The lowest BCUT2D eigenvalue weighted by Gasteiger charge is -2.02. The molecule has 0 heteroatoms. The molecular weight excluding hydrogens is 240 g/mol. The third kappa shape index (κ3) is 1.86. The van der Waals surface area contributed by atoms with Gasteiger partial charge in [-0.05, 0) is 39.1 Å². The molecule has 0 fully saturated rings. The lowest BCUT2D eigenvalue weighted by atomic mass is 10.0. The van der Waals surface area contributed by atoms with Gasteiger partial charge in [0.05, 0.1) is 0 Å². The number of fused-ring (bicyclic) bond motifs is 2. The molecule has 2 aromatic carbocycles. The van der Waals surface area contributed by atoms with Gasteiger partial charge in [-0.25, -0.2) is 0 Å². The molecule has 94 valence electrons. The highest BCUT2D eigenvalue weighted by atomic mass is 14.1. The van der Waals surface area contributed by atoms with E-state index < -0.39 is 0 Å². The molecule has 0 amide bonds. The van der Waals surface area contributed by atoms with E-state index in [1.807, 2.05) is 0 Å². The second kappa shape index (κ2) is 4.50. The summed E-state index contributed by atoms with van der Waals surface area (Å²) < 4.78 is 0. The van der Waals surface area contributed by atoms with Crippen LogP contribution >= 0.6 is 0 Å². The Bertz CT molecular complexity index is 827. The lowest BCUT2D eigenvalue weighted by molar-refractivity contribution is 1.69. The van der Waals surface area contributed by atoms with Crippen molar-refractivity contribution >= 4 is 10.8 Å². The molecule has 0 radical (unpaired) electrons. The Hall–Kier alpha value is -2.60. The Kier molecular flexibility index (Phi) is 2.53. The van der Waals surface area contributed by atoms with Gasteiger partial charge in [0.25, 0.3) is 0 Å². The molecule has 0 heterocycles. The molecule has 0 bridgehead atoms. The van der Waals surface area contributed by atoms with Crippen molar-refractivity contribution in [3.8, 4) is 22.3 Å². The van der Waals surface area contributed by atoms with Crippen LogP contribution in [0.15, 0.2) is 84.9 Å². The Morgan fingerprint density at radius 2 is 0.900 bits per heavy atom. The van der Waals surface area contributed by atoms with Gasteiger partial charge in [-0.1, -0.05) is 78.9 Å². The molecule has 2 aromatic rings. The lowest BCUT2D eigenvalue weighted by Crippen LogP contribution is -1.76. The van der Waals surface area contributed by atoms with E-state index in [0.29, 0.717) is 0 Å². The third-order valence-electron chi connectivity index (χ3n) is 3.85. The van der Waals surface area contributed by atoms with E-state index in [1.165, 1.54) is 33.0 Å². The van der Waals surface area contributed by atoms with Crippen LogP contribution in [0.25, 0.3) is 33.0 Å². The molecule has 0 N–H and O–H groups in total. The minimum atomic E-state index is 1.26. The van der Waals surface area contributed by atoms with Gasteiger partial charge >= 0.3 is 0 Å². The minimum Gasteiger partial charge on any atom is -0.0616 e. The van der Waals surface area contributed by atoms with Crippen molar-refractivity contribution in [2.75, 3.05) is 0 Å². The standard InChI is InChI=1S/C20H14/c1-2-5-19-14-20(13-12-17(19)4-1)18-10-8-15-6-3-7-16(15)9-11-18/h1-14H. The molecule has 2 aliphatic rings. The molecule has 0 saturated carbocycles. The van der Waals surface area contributed by atoms with Crippen molar-refractivity contribution in [2.24, 2.45) is 0 Å². The zero-order chi connectivity index (χ0) is 13.4. The summed E-state index contributed by atoms with van der Waals surface area (Å²) in [5, 5.41) is 2.57. The van der Waals surface area contributed by atoms with E-state index in [0.717, 1.165) is 0 Å². The van der Waals surface area contributed by atoms with E-state index >= 15 is 0 Å². The molecule has 0 nitrogen and oxygen atoms in total. The first-order valence-electron chi connectivity index (χ1n) is 6.88. The summed E-state index contributed by atoms with van der Waals surface area (Å²) in [7, 11) is 0. The van der Waals surface area contributed by atoms with Gasteiger partial charge in [0.15, 0.2) is 0 Å². The van der Waals surface area contributed by atoms with Gasteiger partial charge in [-0.2, -0.15) is 0 Å². The monoisotopic (exact) mass is 254 g/mol. The smallest absolute Gasteiger partial charge is 0.0178 e. The summed E-state index contributed by atoms with van der Waals surface area (Å²) in [6.07, 6.45) is 0. The predicted octanol–water partition coefficient (Wildman–Crippen LogP) is 5.61. The van der Waals surface area contributed by atoms with Gasteiger partial charge in [-0.15, -0.1) is 0 Å². The molecule has 20 heavy (non-hydrogen) atoms. The number of rotatable bonds is 1. The number of hydrogen-bond acceptors (Lipinski definition) is 0. The van der Waals surface area contributed by atoms with Crippen molar-refractivity contribution in [3.63, 3.8) is 0 Å². The Morgan fingerprint density at radius 1 is 0.350 bits per heavy atom. The first-order chi connectivity index (χ1) is 9.90. The number of benzene rings is 2. The van der Waals surface area contributed by atoms with Crippen molar-refractivity contribution in [3.05, 3.63) is 84.9 Å². The molecule has 4 rings (SSSR count). The van der Waals surface area contributed by atoms with Crippen molar-refractivity contribution in [2.45, 2.75) is 0 Å². The Labute approximate surface area is 118 Å². The van der Waals surface area contributed by atoms with Gasteiger partial charge in [0, 0.05) is 0 Å². The maximum absolute atomic E-state index is 2.26. The second-order valence-corrected chi connectivity index (χ2v) is 5.12. The zero-order valence-corrected chi connectivity index (χ0v) is 11.1. The van der Waals surface area contributed by atoms with E-state index in [4.69, 9.17) is 0 Å². The normalized spacial score (nSPS) is 11.0. The van der Waals surface area contributed by atoms with Gasteiger partial charge in [0.1, 0.15) is 0 Å². The van der Waals surface area contributed by atoms with E-state index in [-0.39, 0.29) is 0 Å². The Balaban J connectivity index is 1.89. The van der Waals surface area contributed by atoms with Crippen molar-refractivity contribution < 1.29 is 0 Å². The molecule has 0 aromatic heterocycles. The summed E-state index contributed by atoms with van der Waals surface area (Å²) in [5.74, 6) is 0. The molecule has 0 aliphatic heterocycles. The van der Waals surface area contributed by atoms with Crippen LogP contribution in [-0.2, 0) is 0 Å². The molecule has 0 saturated heterocycles. The van der Waals surface area contributed by atoms with Crippen LogP contribution < -0.4 is 0 Å². The van der Waals surface area contributed by atoms with E-state index in [1.54, 1.807) is 0 Å². The topological polar surface area (TPSA) is 0 Å². The molecular formula is C20H14. The summed E-state index contributed by atoms with van der Waals surface area (Å²) in [5.41, 5.74) is 5.10. The average molecular weight is 254 g/mol. The zero-order valence-electron chi connectivity index (χ0n) is 11.1. The fourth-order valence-corrected chi connectivity index (χ4v) is 2.73. The molecule has 0 atom stereocenters. The highest BCUT2D eigenvalue weighted by molar-refractivity contribution is 5.87. The fraction of sp³-hybridized carbons (Fsp3) is 0. The SMILES string of the molecule is c1cc2ccc(-c3ccc4ccccc4c3)ccc-2c1. The van der Waals surface area contributed by atoms with Crippen molar-refractivity contribution in [1.29, 1.82) is 0 Å². The summed E-state index contributed by atoms with van der Waals surface area (Å²) in [6.45, 7) is 0. The summed E-state index contributed by atoms with van der Waals surface area (Å²) in [6, 6.07) is 30.3. The van der Waals surface area contributed by atoms with Crippen LogP contribution in [0.3, 0.4) is 0 Å². The molecule has 2 aliphatic carbocycles. The third-order valence-corrected chi connectivity index (χ3v) is 3.85.